The summed E-state index contributed by atoms with van der Waals surface area (Å²) in [4.78, 5) is 5.00. The van der Waals surface area contributed by atoms with Crippen LogP contribution in [0.1, 0.15) is 41.1 Å². The smallest absolute Gasteiger partial charge is 0.127 e. The van der Waals surface area contributed by atoms with Gasteiger partial charge in [-0.3, -0.25) is 0 Å². The van der Waals surface area contributed by atoms with Crippen molar-refractivity contribution in [3.05, 3.63) is 58.7 Å². The van der Waals surface area contributed by atoms with Crippen molar-refractivity contribution >= 4 is 5.69 Å². The minimum Gasteiger partial charge on any atom is -0.493 e. The molecule has 0 aromatic heterocycles. The quantitative estimate of drug-likeness (QED) is 0.814. The molecule has 156 valence electrons. The summed E-state index contributed by atoms with van der Waals surface area (Å²) in [5.41, 5.74) is 6.49. The Labute approximate surface area is 175 Å². The predicted molar refractivity (Wildman–Crippen MR) is 121 cm³/mol. The maximum Gasteiger partial charge on any atom is 0.127 e. The van der Waals surface area contributed by atoms with Gasteiger partial charge in [-0.25, -0.2) is 0 Å². The first kappa shape index (κ1) is 20.2. The van der Waals surface area contributed by atoms with Gasteiger partial charge in [0.25, 0.3) is 0 Å². The first-order chi connectivity index (χ1) is 14.1. The number of rotatable bonds is 5. The molecule has 1 N–H and O–H groups in total. The summed E-state index contributed by atoms with van der Waals surface area (Å²) < 4.78 is 6.10. The molecule has 4 rings (SSSR count). The van der Waals surface area contributed by atoms with E-state index in [1.54, 1.807) is 0 Å². The zero-order chi connectivity index (χ0) is 20.2. The van der Waals surface area contributed by atoms with E-state index in [1.165, 1.54) is 54.1 Å². The van der Waals surface area contributed by atoms with Crippen LogP contribution in [-0.2, 0) is 6.42 Å². The summed E-state index contributed by atoms with van der Waals surface area (Å²) in [6, 6.07) is 13.8. The second-order valence-corrected chi connectivity index (χ2v) is 8.71. The molecule has 2 aliphatic rings. The molecule has 2 aromatic carbocycles. The fourth-order valence-electron chi connectivity index (χ4n) is 4.37. The van der Waals surface area contributed by atoms with E-state index in [0.717, 1.165) is 38.2 Å². The topological polar surface area (TPSA) is 27.7 Å². The summed E-state index contributed by atoms with van der Waals surface area (Å²) in [7, 11) is 2.21. The van der Waals surface area contributed by atoms with Crippen LogP contribution in [0.2, 0.25) is 0 Å². The van der Waals surface area contributed by atoms with Crippen molar-refractivity contribution in [2.45, 2.75) is 39.2 Å². The van der Waals surface area contributed by atoms with E-state index in [0.29, 0.717) is 6.04 Å². The molecule has 2 aliphatic heterocycles. The molecule has 29 heavy (non-hydrogen) atoms. The average molecular weight is 394 g/mol. The molecular formula is C25H35N3O. The van der Waals surface area contributed by atoms with Crippen LogP contribution in [0.15, 0.2) is 36.4 Å². The van der Waals surface area contributed by atoms with Crippen LogP contribution in [0, 0.1) is 13.8 Å². The molecule has 0 spiro atoms. The van der Waals surface area contributed by atoms with Crippen molar-refractivity contribution < 1.29 is 4.74 Å². The van der Waals surface area contributed by atoms with Crippen LogP contribution in [0.25, 0.3) is 0 Å². The molecule has 1 atom stereocenters. The van der Waals surface area contributed by atoms with Gasteiger partial charge in [0.15, 0.2) is 0 Å². The molecule has 0 radical (unpaired) electrons. The van der Waals surface area contributed by atoms with Gasteiger partial charge in [0, 0.05) is 44.0 Å². The lowest BCUT2D eigenvalue weighted by atomic mass is 9.97. The molecule has 1 saturated heterocycles. The largest absolute Gasteiger partial charge is 0.493 e. The molecule has 0 aliphatic carbocycles. The predicted octanol–water partition coefficient (Wildman–Crippen LogP) is 4.42. The van der Waals surface area contributed by atoms with Gasteiger partial charge in [-0.15, -0.1) is 0 Å². The molecule has 2 heterocycles. The van der Waals surface area contributed by atoms with Crippen molar-refractivity contribution in [1.29, 1.82) is 0 Å². The van der Waals surface area contributed by atoms with Crippen LogP contribution in [-0.4, -0.2) is 56.2 Å². The Hall–Kier alpha value is -2.04. The van der Waals surface area contributed by atoms with E-state index in [4.69, 9.17) is 4.74 Å². The fourth-order valence-corrected chi connectivity index (χ4v) is 4.37. The SMILES string of the molecule is Cc1ccc2c(c1C)OCCCC2Nc1ccc(CCN2CCN(C)CC2)cc1. The summed E-state index contributed by atoms with van der Waals surface area (Å²) in [5.74, 6) is 1.09. The van der Waals surface area contributed by atoms with Gasteiger partial charge < -0.3 is 19.9 Å². The number of likely N-dealkylation sites (N-methyl/N-ethyl adjacent to an activating group) is 1. The number of fused-ring (bicyclic) bond motifs is 1. The number of nitrogens with one attached hydrogen (secondary N) is 1. The molecule has 4 nitrogen and oxygen atoms in total. The summed E-state index contributed by atoms with van der Waals surface area (Å²) in [6.45, 7) is 11.1. The number of aryl methyl sites for hydroxylation is 1. The minimum atomic E-state index is 0.308. The number of nitrogens with zero attached hydrogens (tertiary/aromatic N) is 2. The fraction of sp³-hybridized carbons (Fsp3) is 0.520. The Morgan fingerprint density at radius 3 is 2.52 bits per heavy atom. The van der Waals surface area contributed by atoms with Gasteiger partial charge >= 0.3 is 0 Å². The van der Waals surface area contributed by atoms with Crippen molar-refractivity contribution in [2.75, 3.05) is 51.7 Å². The average Bonchev–Trinajstić information content (AvgIpc) is 2.94. The van der Waals surface area contributed by atoms with Crippen LogP contribution in [0.3, 0.4) is 0 Å². The standard InChI is InChI=1S/C25H35N3O/c1-19-6-11-23-24(5-4-18-29-25(23)20(19)2)26-22-9-7-21(8-10-22)12-13-28-16-14-27(3)15-17-28/h6-11,24,26H,4-5,12-18H2,1-3H3. The lowest BCUT2D eigenvalue weighted by Gasteiger charge is -2.32. The first-order valence-electron chi connectivity index (χ1n) is 11.1. The van der Waals surface area contributed by atoms with Crippen LogP contribution >= 0.6 is 0 Å². The number of hydrogen-bond donors (Lipinski definition) is 1. The van der Waals surface area contributed by atoms with Crippen LogP contribution in [0.5, 0.6) is 5.75 Å². The highest BCUT2D eigenvalue weighted by molar-refractivity contribution is 5.52. The van der Waals surface area contributed by atoms with Gasteiger partial charge in [-0.05, 0) is 69.0 Å². The maximum atomic E-state index is 6.10. The highest BCUT2D eigenvalue weighted by Crippen LogP contribution is 2.37. The Morgan fingerprint density at radius 2 is 1.76 bits per heavy atom. The maximum absolute atomic E-state index is 6.10. The van der Waals surface area contributed by atoms with Crippen LogP contribution in [0.4, 0.5) is 5.69 Å². The third kappa shape index (κ3) is 4.93. The lowest BCUT2D eigenvalue weighted by molar-refractivity contribution is 0.155. The first-order valence-corrected chi connectivity index (χ1v) is 11.1. The van der Waals surface area contributed by atoms with E-state index in [-0.39, 0.29) is 0 Å². The Morgan fingerprint density at radius 1 is 1.00 bits per heavy atom. The monoisotopic (exact) mass is 393 g/mol. The zero-order valence-electron chi connectivity index (χ0n) is 18.2. The van der Waals surface area contributed by atoms with Gasteiger partial charge in [0.2, 0.25) is 0 Å². The Balaban J connectivity index is 1.38. The second kappa shape index (κ2) is 9.19. The highest BCUT2D eigenvalue weighted by atomic mass is 16.5. The molecular weight excluding hydrogens is 358 g/mol. The number of hydrogen-bond acceptors (Lipinski definition) is 4. The Kier molecular flexibility index (Phi) is 6.41. The van der Waals surface area contributed by atoms with Gasteiger partial charge in [-0.2, -0.15) is 0 Å². The van der Waals surface area contributed by atoms with Crippen molar-refractivity contribution in [2.24, 2.45) is 0 Å². The van der Waals surface area contributed by atoms with E-state index < -0.39 is 0 Å². The van der Waals surface area contributed by atoms with E-state index in [9.17, 15) is 0 Å². The van der Waals surface area contributed by atoms with E-state index in [1.807, 2.05) is 0 Å². The normalized spacial score (nSPS) is 20.6. The van der Waals surface area contributed by atoms with Gasteiger partial charge in [-0.1, -0.05) is 24.3 Å². The molecule has 1 fully saturated rings. The number of ether oxygens (including phenoxy) is 1. The molecule has 0 saturated carbocycles. The molecule has 2 aromatic rings. The van der Waals surface area contributed by atoms with E-state index in [2.05, 4.69) is 72.4 Å². The molecule has 0 bridgehead atoms. The molecule has 0 amide bonds. The Bertz CT molecular complexity index is 810. The minimum absolute atomic E-state index is 0.308. The van der Waals surface area contributed by atoms with Gasteiger partial charge in [0.05, 0.1) is 12.6 Å². The van der Waals surface area contributed by atoms with Crippen molar-refractivity contribution in [1.82, 2.24) is 9.80 Å². The van der Waals surface area contributed by atoms with Crippen LogP contribution < -0.4 is 10.1 Å². The lowest BCUT2D eigenvalue weighted by Crippen LogP contribution is -2.45. The highest BCUT2D eigenvalue weighted by Gasteiger charge is 2.22. The molecule has 1 unspecified atom stereocenters. The summed E-state index contributed by atoms with van der Waals surface area (Å²) in [6.07, 6.45) is 3.30. The van der Waals surface area contributed by atoms with Gasteiger partial charge in [0.1, 0.15) is 5.75 Å². The van der Waals surface area contributed by atoms with E-state index >= 15 is 0 Å². The number of anilines is 1. The van der Waals surface area contributed by atoms with Crippen molar-refractivity contribution in [3.8, 4) is 5.75 Å². The summed E-state index contributed by atoms with van der Waals surface area (Å²) >= 11 is 0. The third-order valence-electron chi connectivity index (χ3n) is 6.57. The zero-order valence-corrected chi connectivity index (χ0v) is 18.2. The second-order valence-electron chi connectivity index (χ2n) is 8.71. The molecule has 4 heteroatoms. The van der Waals surface area contributed by atoms with Crippen molar-refractivity contribution in [3.63, 3.8) is 0 Å². The number of benzene rings is 2. The third-order valence-corrected chi connectivity index (χ3v) is 6.57. The summed E-state index contributed by atoms with van der Waals surface area (Å²) in [5, 5.41) is 3.77. The number of piperazine rings is 1.